The largest absolute Gasteiger partial charge is 0.497 e. The van der Waals surface area contributed by atoms with Crippen molar-refractivity contribution in [3.05, 3.63) is 24.3 Å². The van der Waals surface area contributed by atoms with Crippen molar-refractivity contribution in [2.45, 2.75) is 18.9 Å². The van der Waals surface area contributed by atoms with E-state index in [2.05, 4.69) is 0 Å². The first kappa shape index (κ1) is 13.0. The van der Waals surface area contributed by atoms with Crippen molar-refractivity contribution < 1.29 is 24.2 Å². The summed E-state index contributed by atoms with van der Waals surface area (Å²) in [7, 11) is 0.291. The van der Waals surface area contributed by atoms with Gasteiger partial charge in [-0.2, -0.15) is 0 Å². The first-order valence-corrected chi connectivity index (χ1v) is 7.25. The van der Waals surface area contributed by atoms with Gasteiger partial charge < -0.3 is 14.6 Å². The van der Waals surface area contributed by atoms with E-state index in [0.717, 1.165) is 0 Å². The molecular weight excluding hydrogens is 282 g/mol. The highest BCUT2D eigenvalue weighted by atomic mass is 32.2. The van der Waals surface area contributed by atoms with Crippen LogP contribution in [0.1, 0.15) is 12.8 Å². The molecule has 1 fully saturated rings. The van der Waals surface area contributed by atoms with Crippen LogP contribution in [0.15, 0.2) is 24.3 Å². The lowest BCUT2D eigenvalue weighted by molar-refractivity contribution is -0.136. The summed E-state index contributed by atoms with van der Waals surface area (Å²) in [5, 5.41) is 8.70. The molecule has 0 aromatic heterocycles. The molecule has 7 heteroatoms. The van der Waals surface area contributed by atoms with Crippen LogP contribution >= 0.6 is 10.7 Å². The number of nitrogens with zero attached hydrogens (tertiary/aromatic N) is 1. The van der Waals surface area contributed by atoms with Crippen molar-refractivity contribution in [2.75, 3.05) is 7.11 Å². The van der Waals surface area contributed by atoms with E-state index < -0.39 is 16.0 Å². The van der Waals surface area contributed by atoms with E-state index in [1.165, 1.54) is 4.31 Å². The minimum absolute atomic E-state index is 0.0184. The quantitative estimate of drug-likeness (QED) is 0.667. The number of fused-ring (bicyclic) bond motifs is 1. The maximum Gasteiger partial charge on any atom is 0.381 e. The molecule has 2 unspecified atom stereocenters. The van der Waals surface area contributed by atoms with Gasteiger partial charge in [0.2, 0.25) is 5.91 Å². The second kappa shape index (κ2) is 4.82. The highest BCUT2D eigenvalue weighted by Crippen LogP contribution is 2.43. The lowest BCUT2D eigenvalue weighted by Crippen LogP contribution is -2.46. The Morgan fingerprint density at radius 3 is 2.50 bits per heavy atom. The van der Waals surface area contributed by atoms with Crippen LogP contribution in [0.2, 0.25) is 0 Å². The van der Waals surface area contributed by atoms with Gasteiger partial charge in [-0.05, 0) is 24.3 Å². The molecule has 2 aliphatic rings. The molecule has 2 heterocycles. The van der Waals surface area contributed by atoms with Gasteiger partial charge in [-0.25, -0.2) is 4.79 Å². The number of hydrogen-bond donors (Lipinski definition) is 1. The van der Waals surface area contributed by atoms with Crippen molar-refractivity contribution in [3.63, 3.8) is 0 Å². The number of amides is 1. The minimum Gasteiger partial charge on any atom is -0.497 e. The van der Waals surface area contributed by atoms with Gasteiger partial charge in [0.15, 0.2) is 5.05 Å². The predicted octanol–water partition coefficient (Wildman–Crippen LogP) is 2.07. The summed E-state index contributed by atoms with van der Waals surface area (Å²) in [5.41, 5.74) is 0. The number of carboxylic acid groups (broad SMARTS) is 1. The van der Waals surface area contributed by atoms with Gasteiger partial charge in [-0.3, -0.25) is 9.10 Å². The van der Waals surface area contributed by atoms with E-state index in [1.807, 2.05) is 0 Å². The number of methoxy groups -OCH3 is 1. The third-order valence-electron chi connectivity index (χ3n) is 3.26. The van der Waals surface area contributed by atoms with Crippen LogP contribution in [0.25, 0.3) is 0 Å². The number of benzene rings is 1. The fourth-order valence-corrected chi connectivity index (χ4v) is 4.12. The maximum atomic E-state index is 11.5. The van der Waals surface area contributed by atoms with Crippen LogP contribution in [-0.4, -0.2) is 38.8 Å². The monoisotopic (exact) mass is 295 g/mol. The molecule has 0 spiro atoms. The highest BCUT2D eigenvalue weighted by Gasteiger charge is 2.48. The molecule has 2 aliphatic heterocycles. The average Bonchev–Trinajstić information content (AvgIpc) is 2.72. The Balaban J connectivity index is 1.85. The highest BCUT2D eigenvalue weighted by molar-refractivity contribution is 8.26. The van der Waals surface area contributed by atoms with Gasteiger partial charge in [0.25, 0.3) is 0 Å². The third-order valence-corrected chi connectivity index (χ3v) is 5.17. The molecule has 0 aliphatic carbocycles. The van der Waals surface area contributed by atoms with E-state index >= 15 is 0 Å². The lowest BCUT2D eigenvalue weighted by atomic mass is 10.0. The van der Waals surface area contributed by atoms with Gasteiger partial charge in [-0.1, -0.05) is 0 Å². The molecule has 3 rings (SSSR count). The van der Waals surface area contributed by atoms with Crippen molar-refractivity contribution >= 4 is 26.9 Å². The molecule has 1 aromatic rings. The summed E-state index contributed by atoms with van der Waals surface area (Å²) in [6.45, 7) is 0. The fraction of sp³-hybridized carbons (Fsp3) is 0.308. The molecule has 1 saturated heterocycles. The van der Waals surface area contributed by atoms with Crippen molar-refractivity contribution in [3.8, 4) is 11.5 Å². The van der Waals surface area contributed by atoms with E-state index in [9.17, 15) is 14.7 Å². The molecule has 1 N–H and O–H groups in total. The van der Waals surface area contributed by atoms with Crippen LogP contribution < -0.4 is 9.47 Å². The Bertz CT molecular complexity index is 610. The first-order chi connectivity index (χ1) is 9.60. The van der Waals surface area contributed by atoms with Crippen LogP contribution in [0.3, 0.4) is 0 Å². The van der Waals surface area contributed by atoms with Gasteiger partial charge in [0.05, 0.1) is 23.8 Å². The van der Waals surface area contributed by atoms with Crippen LogP contribution in [0.5, 0.6) is 11.5 Å². The average molecular weight is 295 g/mol. The molecule has 0 bridgehead atoms. The molecule has 20 heavy (non-hydrogen) atoms. The summed E-state index contributed by atoms with van der Waals surface area (Å²) in [6, 6.07) is 6.89. The zero-order chi connectivity index (χ0) is 14.3. The Hall–Kier alpha value is -2.02. The normalized spacial score (nSPS) is 24.1. The Morgan fingerprint density at radius 2 is 1.95 bits per heavy atom. The van der Waals surface area contributed by atoms with Crippen molar-refractivity contribution in [1.82, 2.24) is 4.31 Å². The maximum absolute atomic E-state index is 11.5. The van der Waals surface area contributed by atoms with E-state index in [-0.39, 0.29) is 11.9 Å². The predicted molar refractivity (Wildman–Crippen MR) is 74.1 cm³/mol. The molecule has 0 radical (unpaired) electrons. The molecule has 1 aromatic carbocycles. The summed E-state index contributed by atoms with van der Waals surface area (Å²) in [4.78, 5) is 22.8. The standard InChI is InChI=1S/C13H13NO5S/c1-18-9-2-4-10(5-3-9)19-12-7-8-6-11(15)14(8)20(12)13(16)17/h2-5,8H,6-7H2,1H3,(H,16,17). The zero-order valence-corrected chi connectivity index (χ0v) is 11.6. The second-order valence-electron chi connectivity index (χ2n) is 4.48. The number of carbonyl (C=O) groups is 2. The first-order valence-electron chi connectivity index (χ1n) is 6.07. The minimum atomic E-state index is -1.28. The molecule has 6 nitrogen and oxygen atoms in total. The number of hydrogen-bond acceptors (Lipinski definition) is 4. The molecular formula is C13H13NO5S. The topological polar surface area (TPSA) is 76.1 Å². The summed E-state index contributed by atoms with van der Waals surface area (Å²) in [5.74, 6) is 1.13. The summed E-state index contributed by atoms with van der Waals surface area (Å²) in [6.07, 6.45) is 0.902. The second-order valence-corrected chi connectivity index (χ2v) is 6.25. The van der Waals surface area contributed by atoms with Crippen molar-refractivity contribution in [1.29, 1.82) is 0 Å². The Kier molecular flexibility index (Phi) is 3.13. The third kappa shape index (κ3) is 2.03. The molecule has 1 amide bonds. The Labute approximate surface area is 118 Å². The summed E-state index contributed by atoms with van der Waals surface area (Å²) >= 11 is 0. The van der Waals surface area contributed by atoms with E-state index in [4.69, 9.17) is 9.47 Å². The Morgan fingerprint density at radius 1 is 1.30 bits per heavy atom. The van der Waals surface area contributed by atoms with Crippen LogP contribution in [0.4, 0.5) is 4.79 Å². The van der Waals surface area contributed by atoms with Gasteiger partial charge >= 0.3 is 5.30 Å². The molecule has 2 atom stereocenters. The number of β-lactam (4-membered cyclic amide) rings is 1. The fourth-order valence-electron chi connectivity index (χ4n) is 2.29. The van der Waals surface area contributed by atoms with E-state index in [0.29, 0.717) is 29.4 Å². The molecule has 106 valence electrons. The number of rotatable bonds is 2. The lowest BCUT2D eigenvalue weighted by Gasteiger charge is -2.34. The van der Waals surface area contributed by atoms with Crippen LogP contribution in [-0.2, 0) is 4.79 Å². The van der Waals surface area contributed by atoms with Gasteiger partial charge in [0, 0.05) is 12.8 Å². The molecule has 0 saturated carbocycles. The van der Waals surface area contributed by atoms with E-state index in [1.54, 1.807) is 31.4 Å². The summed E-state index contributed by atoms with van der Waals surface area (Å²) < 4.78 is 12.1. The number of carbonyl (C=O) groups excluding carboxylic acids is 1. The SMILES string of the molecule is COc1ccc(OC2=S(C(=O)O)N3C(=O)CC3C2)cc1. The van der Waals surface area contributed by atoms with Gasteiger partial charge in [-0.15, -0.1) is 0 Å². The van der Waals surface area contributed by atoms with Crippen molar-refractivity contribution in [2.24, 2.45) is 0 Å². The van der Waals surface area contributed by atoms with Crippen LogP contribution in [0, 0.1) is 0 Å². The zero-order valence-electron chi connectivity index (χ0n) is 10.7. The smallest absolute Gasteiger partial charge is 0.381 e. The van der Waals surface area contributed by atoms with Gasteiger partial charge in [0.1, 0.15) is 11.5 Å². The number of ether oxygens (including phenoxy) is 2.